The monoisotopic (exact) mass is 240 g/mol. The molecule has 0 radical (unpaired) electrons. The summed E-state index contributed by atoms with van der Waals surface area (Å²) in [5, 5.41) is 23.6. The van der Waals surface area contributed by atoms with Crippen LogP contribution in [0.3, 0.4) is 0 Å². The first-order valence-electron chi connectivity index (χ1n) is 5.17. The Labute approximate surface area is 98.9 Å². The summed E-state index contributed by atoms with van der Waals surface area (Å²) in [5.41, 5.74) is 0.746. The van der Waals surface area contributed by atoms with Crippen molar-refractivity contribution in [2.75, 3.05) is 12.4 Å². The van der Waals surface area contributed by atoms with Crippen LogP contribution in [0.25, 0.3) is 0 Å². The zero-order chi connectivity index (χ0) is 12.8. The van der Waals surface area contributed by atoms with Gasteiger partial charge in [0.25, 0.3) is 0 Å². The summed E-state index contributed by atoms with van der Waals surface area (Å²) in [6, 6.07) is -1.00. The second-order valence-corrected chi connectivity index (χ2v) is 3.60. The molecule has 1 rings (SSSR count). The number of hydrogen-bond donors (Lipinski definition) is 4. The first kappa shape index (κ1) is 13.3. The fourth-order valence-corrected chi connectivity index (χ4v) is 1.27. The van der Waals surface area contributed by atoms with Gasteiger partial charge < -0.3 is 15.5 Å². The predicted molar refractivity (Wildman–Crippen MR) is 61.5 cm³/mol. The average Bonchev–Trinajstić information content (AvgIpc) is 2.29. The van der Waals surface area contributed by atoms with Crippen LogP contribution in [-0.4, -0.2) is 45.3 Å². The fourth-order valence-electron chi connectivity index (χ4n) is 1.27. The highest BCUT2D eigenvalue weighted by Crippen LogP contribution is 2.01. The molecule has 0 aliphatic heterocycles. The number of anilines is 1. The highest BCUT2D eigenvalue weighted by Gasteiger charge is 2.21. The number of carbonyl (C=O) groups is 1. The SMILES string of the molecule is CNc1ncc(CN[C@H](C(=O)O)[C@@H](C)O)cn1. The van der Waals surface area contributed by atoms with Crippen molar-refractivity contribution in [3.63, 3.8) is 0 Å². The van der Waals surface area contributed by atoms with Crippen molar-refractivity contribution >= 4 is 11.9 Å². The number of carboxylic acid groups (broad SMARTS) is 1. The van der Waals surface area contributed by atoms with E-state index in [0.717, 1.165) is 5.56 Å². The summed E-state index contributed by atoms with van der Waals surface area (Å²) < 4.78 is 0. The van der Waals surface area contributed by atoms with E-state index < -0.39 is 18.1 Å². The molecule has 0 aliphatic carbocycles. The van der Waals surface area contributed by atoms with Crippen molar-refractivity contribution in [3.05, 3.63) is 18.0 Å². The predicted octanol–water partition coefficient (Wildman–Crippen LogP) is -0.558. The molecule has 0 bridgehead atoms. The van der Waals surface area contributed by atoms with E-state index in [0.29, 0.717) is 5.95 Å². The van der Waals surface area contributed by atoms with Crippen LogP contribution < -0.4 is 10.6 Å². The first-order chi connectivity index (χ1) is 8.04. The Balaban J connectivity index is 2.56. The Morgan fingerprint density at radius 2 is 2.06 bits per heavy atom. The molecule has 0 spiro atoms. The van der Waals surface area contributed by atoms with Gasteiger partial charge in [-0.2, -0.15) is 0 Å². The third kappa shape index (κ3) is 3.97. The Bertz CT molecular complexity index is 366. The Morgan fingerprint density at radius 3 is 2.47 bits per heavy atom. The molecule has 7 heteroatoms. The third-order valence-electron chi connectivity index (χ3n) is 2.20. The maximum absolute atomic E-state index is 10.8. The smallest absolute Gasteiger partial charge is 0.323 e. The molecule has 17 heavy (non-hydrogen) atoms. The van der Waals surface area contributed by atoms with Crippen molar-refractivity contribution < 1.29 is 15.0 Å². The van der Waals surface area contributed by atoms with Crippen molar-refractivity contribution in [2.45, 2.75) is 25.6 Å². The molecule has 0 fully saturated rings. The summed E-state index contributed by atoms with van der Waals surface area (Å²) >= 11 is 0. The molecule has 2 atom stereocenters. The minimum atomic E-state index is -1.09. The largest absolute Gasteiger partial charge is 0.480 e. The zero-order valence-electron chi connectivity index (χ0n) is 9.71. The number of hydrogen-bond acceptors (Lipinski definition) is 6. The summed E-state index contributed by atoms with van der Waals surface area (Å²) in [6.45, 7) is 1.71. The van der Waals surface area contributed by atoms with E-state index in [1.54, 1.807) is 19.4 Å². The topological polar surface area (TPSA) is 107 Å². The van der Waals surface area contributed by atoms with Gasteiger partial charge in [-0.3, -0.25) is 10.1 Å². The highest BCUT2D eigenvalue weighted by molar-refractivity contribution is 5.74. The lowest BCUT2D eigenvalue weighted by molar-refractivity contribution is -0.142. The molecule has 0 amide bonds. The van der Waals surface area contributed by atoms with Gasteiger partial charge in [0.05, 0.1) is 6.10 Å². The highest BCUT2D eigenvalue weighted by atomic mass is 16.4. The lowest BCUT2D eigenvalue weighted by Crippen LogP contribution is -2.44. The molecule has 1 aromatic heterocycles. The molecular formula is C10H16N4O3. The van der Waals surface area contributed by atoms with Gasteiger partial charge in [0.15, 0.2) is 0 Å². The number of nitrogens with one attached hydrogen (secondary N) is 2. The maximum atomic E-state index is 10.8. The van der Waals surface area contributed by atoms with Crippen LogP contribution in [0.5, 0.6) is 0 Å². The molecule has 0 unspecified atom stereocenters. The normalized spacial score (nSPS) is 14.1. The number of rotatable bonds is 6. The maximum Gasteiger partial charge on any atom is 0.323 e. The Kier molecular flexibility index (Phi) is 4.80. The average molecular weight is 240 g/mol. The van der Waals surface area contributed by atoms with Crippen LogP contribution in [0.15, 0.2) is 12.4 Å². The summed E-state index contributed by atoms with van der Waals surface area (Å²) in [4.78, 5) is 18.8. The first-order valence-corrected chi connectivity index (χ1v) is 5.17. The van der Waals surface area contributed by atoms with Gasteiger partial charge in [-0.25, -0.2) is 9.97 Å². The molecule has 0 aliphatic rings. The van der Waals surface area contributed by atoms with Crippen molar-refractivity contribution in [3.8, 4) is 0 Å². The van der Waals surface area contributed by atoms with Crippen molar-refractivity contribution in [1.29, 1.82) is 0 Å². The lowest BCUT2D eigenvalue weighted by Gasteiger charge is -2.16. The quantitative estimate of drug-likeness (QED) is 0.528. The molecule has 94 valence electrons. The molecule has 1 heterocycles. The minimum Gasteiger partial charge on any atom is -0.480 e. The van der Waals surface area contributed by atoms with E-state index in [1.165, 1.54) is 6.92 Å². The molecule has 1 aromatic rings. The van der Waals surface area contributed by atoms with Gasteiger partial charge in [-0.15, -0.1) is 0 Å². The fraction of sp³-hybridized carbons (Fsp3) is 0.500. The molecule has 0 saturated heterocycles. The second kappa shape index (κ2) is 6.12. The van der Waals surface area contributed by atoms with E-state index in [2.05, 4.69) is 20.6 Å². The summed E-state index contributed by atoms with van der Waals surface area (Å²) in [6.07, 6.45) is 2.21. The van der Waals surface area contributed by atoms with Crippen LogP contribution in [-0.2, 0) is 11.3 Å². The van der Waals surface area contributed by atoms with E-state index in [1.807, 2.05) is 0 Å². The van der Waals surface area contributed by atoms with Crippen LogP contribution >= 0.6 is 0 Å². The van der Waals surface area contributed by atoms with Crippen molar-refractivity contribution in [1.82, 2.24) is 15.3 Å². The van der Waals surface area contributed by atoms with Crippen LogP contribution in [0, 0.1) is 0 Å². The Hall–Kier alpha value is -1.73. The van der Waals surface area contributed by atoms with Crippen molar-refractivity contribution in [2.24, 2.45) is 0 Å². The molecule has 4 N–H and O–H groups in total. The molecule has 7 nitrogen and oxygen atoms in total. The molecule has 0 aromatic carbocycles. The number of nitrogens with zero attached hydrogens (tertiary/aromatic N) is 2. The third-order valence-corrected chi connectivity index (χ3v) is 2.20. The van der Waals surface area contributed by atoms with Gasteiger partial charge in [-0.05, 0) is 6.92 Å². The number of aliphatic hydroxyl groups excluding tert-OH is 1. The zero-order valence-corrected chi connectivity index (χ0v) is 9.71. The van der Waals surface area contributed by atoms with Gasteiger partial charge in [0.2, 0.25) is 5.95 Å². The van der Waals surface area contributed by atoms with E-state index in [-0.39, 0.29) is 6.54 Å². The Morgan fingerprint density at radius 1 is 1.47 bits per heavy atom. The van der Waals surface area contributed by atoms with Crippen LogP contribution in [0.1, 0.15) is 12.5 Å². The van der Waals surface area contributed by atoms with E-state index in [4.69, 9.17) is 5.11 Å². The molecular weight excluding hydrogens is 224 g/mol. The number of aliphatic hydroxyl groups is 1. The number of aliphatic carboxylic acids is 1. The molecule has 0 saturated carbocycles. The minimum absolute atomic E-state index is 0.284. The van der Waals surface area contributed by atoms with Crippen LogP contribution in [0.4, 0.5) is 5.95 Å². The standard InChI is InChI=1S/C10H16N4O3/c1-6(15)8(9(16)17)12-3-7-4-13-10(11-2)14-5-7/h4-6,8,12,15H,3H2,1-2H3,(H,16,17)(H,11,13,14)/t6-,8+/m1/s1. The van der Waals surface area contributed by atoms with E-state index >= 15 is 0 Å². The number of carboxylic acids is 1. The second-order valence-electron chi connectivity index (χ2n) is 3.60. The lowest BCUT2D eigenvalue weighted by atomic mass is 10.2. The number of aromatic nitrogens is 2. The van der Waals surface area contributed by atoms with Gasteiger partial charge >= 0.3 is 5.97 Å². The summed E-state index contributed by atoms with van der Waals surface area (Å²) in [7, 11) is 1.71. The van der Waals surface area contributed by atoms with Gasteiger partial charge in [0, 0.05) is 31.5 Å². The summed E-state index contributed by atoms with van der Waals surface area (Å²) in [5.74, 6) is -0.591. The van der Waals surface area contributed by atoms with E-state index in [9.17, 15) is 9.90 Å². The van der Waals surface area contributed by atoms with Gasteiger partial charge in [-0.1, -0.05) is 0 Å². The van der Waals surface area contributed by atoms with Gasteiger partial charge in [0.1, 0.15) is 6.04 Å². The van der Waals surface area contributed by atoms with Crippen LogP contribution in [0.2, 0.25) is 0 Å².